The topological polar surface area (TPSA) is 119 Å². The lowest BCUT2D eigenvalue weighted by Gasteiger charge is -2.13. The number of benzene rings is 1. The maximum Gasteiger partial charge on any atom is 0.301 e. The average Bonchev–Trinajstić information content (AvgIpc) is 3.02. The van der Waals surface area contributed by atoms with Crippen molar-refractivity contribution in [3.05, 3.63) is 50.9 Å². The zero-order valence-corrected chi connectivity index (χ0v) is 16.5. The summed E-state index contributed by atoms with van der Waals surface area (Å²) in [6.07, 6.45) is 2.11. The first-order chi connectivity index (χ1) is 13.4. The first kappa shape index (κ1) is 20.2. The molecular formula is C18H18Cl2N4O4. The lowest BCUT2D eigenvalue weighted by molar-refractivity contribution is -0.123. The van der Waals surface area contributed by atoms with Crippen LogP contribution in [0.2, 0.25) is 10.0 Å². The molecule has 0 fully saturated rings. The highest BCUT2D eigenvalue weighted by molar-refractivity contribution is 6.35. The number of nitrogen functional groups attached to an aromatic ring is 1. The second-order valence-electron chi connectivity index (χ2n) is 6.14. The summed E-state index contributed by atoms with van der Waals surface area (Å²) >= 11 is 11.8. The number of hydrazone groups is 1. The minimum Gasteiger partial charge on any atom is -0.482 e. The Balaban J connectivity index is 1.69. The van der Waals surface area contributed by atoms with Crippen LogP contribution in [0.5, 0.6) is 5.75 Å². The summed E-state index contributed by atoms with van der Waals surface area (Å²) < 4.78 is 11.0. The minimum atomic E-state index is -0.511. The largest absolute Gasteiger partial charge is 0.482 e. The van der Waals surface area contributed by atoms with Crippen LogP contribution < -0.4 is 21.4 Å². The molecule has 28 heavy (non-hydrogen) atoms. The minimum absolute atomic E-state index is 0.147. The van der Waals surface area contributed by atoms with Crippen molar-refractivity contribution in [2.24, 2.45) is 10.9 Å². The number of nitrogens with one attached hydrogen (secondary N) is 2. The van der Waals surface area contributed by atoms with E-state index in [1.165, 1.54) is 6.07 Å². The van der Waals surface area contributed by atoms with Crippen LogP contribution in [0.15, 0.2) is 27.7 Å². The van der Waals surface area contributed by atoms with E-state index in [1.54, 1.807) is 19.1 Å². The number of hydrazine groups is 1. The summed E-state index contributed by atoms with van der Waals surface area (Å²) in [5.74, 6) is 5.37. The molecule has 0 saturated carbocycles. The predicted octanol–water partition coefficient (Wildman–Crippen LogP) is 2.73. The first-order valence-electron chi connectivity index (χ1n) is 8.47. The highest BCUT2D eigenvalue weighted by Gasteiger charge is 2.27. The molecule has 0 saturated heterocycles. The Hall–Kier alpha value is -2.55. The Bertz CT molecular complexity index is 955. The molecule has 3 rings (SSSR count). The van der Waals surface area contributed by atoms with Crippen molar-refractivity contribution in [2.75, 3.05) is 6.61 Å². The summed E-state index contributed by atoms with van der Waals surface area (Å²) in [6.45, 7) is 1.48. The Labute approximate surface area is 171 Å². The number of nitrogens with zero attached hydrogens (tertiary/aromatic N) is 1. The number of carbonyl (C=O) groups excluding carboxylic acids is 2. The number of furan rings is 1. The number of nitrogens with two attached hydrogens (primary N) is 1. The normalized spacial score (nSPS) is 14.5. The zero-order chi connectivity index (χ0) is 20.3. The molecule has 2 amide bonds. The van der Waals surface area contributed by atoms with Crippen molar-refractivity contribution < 1.29 is 18.7 Å². The average molecular weight is 425 g/mol. The quantitative estimate of drug-likeness (QED) is 0.387. The lowest BCUT2D eigenvalue weighted by atomic mass is 9.93. The van der Waals surface area contributed by atoms with Gasteiger partial charge in [-0.15, -0.1) is 0 Å². The molecule has 1 aliphatic carbocycles. The third kappa shape index (κ3) is 4.30. The maximum absolute atomic E-state index is 12.1. The molecule has 2 aromatic rings. The zero-order valence-electron chi connectivity index (χ0n) is 15.0. The molecular weight excluding hydrogens is 407 g/mol. The number of amides is 2. The number of hydrogen-bond acceptors (Lipinski definition) is 6. The fourth-order valence-corrected chi connectivity index (χ4v) is 3.42. The van der Waals surface area contributed by atoms with Crippen LogP contribution in [-0.2, 0) is 11.2 Å². The summed E-state index contributed by atoms with van der Waals surface area (Å²) in [4.78, 5) is 23.9. The van der Waals surface area contributed by atoms with Crippen LogP contribution in [0.3, 0.4) is 0 Å². The van der Waals surface area contributed by atoms with Crippen LogP contribution in [0.4, 0.5) is 0 Å². The number of carbonyl (C=O) groups is 2. The van der Waals surface area contributed by atoms with Gasteiger partial charge in [-0.2, -0.15) is 5.10 Å². The van der Waals surface area contributed by atoms with Crippen LogP contribution >= 0.6 is 23.2 Å². The van der Waals surface area contributed by atoms with E-state index < -0.39 is 11.8 Å². The molecule has 0 spiro atoms. The van der Waals surface area contributed by atoms with E-state index in [-0.39, 0.29) is 12.4 Å². The molecule has 0 unspecified atom stereocenters. The predicted molar refractivity (Wildman–Crippen MR) is 105 cm³/mol. The van der Waals surface area contributed by atoms with Crippen LogP contribution in [0, 0.1) is 6.92 Å². The molecule has 10 heteroatoms. The maximum atomic E-state index is 12.1. The van der Waals surface area contributed by atoms with Crippen molar-refractivity contribution in [3.8, 4) is 5.75 Å². The fourth-order valence-electron chi connectivity index (χ4n) is 2.96. The van der Waals surface area contributed by atoms with Gasteiger partial charge in [0.1, 0.15) is 11.5 Å². The smallest absolute Gasteiger partial charge is 0.301 e. The molecule has 1 heterocycles. The number of rotatable bonds is 5. The van der Waals surface area contributed by atoms with Crippen molar-refractivity contribution >= 4 is 40.7 Å². The molecule has 1 aromatic heterocycles. The molecule has 0 atom stereocenters. The van der Waals surface area contributed by atoms with Gasteiger partial charge in [0.25, 0.3) is 5.91 Å². The van der Waals surface area contributed by atoms with E-state index >= 15 is 0 Å². The number of hydrogen-bond donors (Lipinski definition) is 3. The van der Waals surface area contributed by atoms with Gasteiger partial charge in [-0.25, -0.2) is 11.3 Å². The van der Waals surface area contributed by atoms with Crippen LogP contribution in [0.1, 0.15) is 40.3 Å². The van der Waals surface area contributed by atoms with Gasteiger partial charge in [0.05, 0.1) is 10.7 Å². The summed E-state index contributed by atoms with van der Waals surface area (Å²) in [6, 6.07) is 4.72. The Morgan fingerprint density at radius 1 is 1.32 bits per heavy atom. The Morgan fingerprint density at radius 3 is 2.82 bits per heavy atom. The third-order valence-corrected chi connectivity index (χ3v) is 4.76. The standard InChI is InChI=1S/C18H18Cl2N4O4/c1-9-16-12(3-2-4-14(16)28-17(9)18(26)22-21)23-24-15(25)8-27-13-6-5-10(19)7-11(13)20/h5-7H,2-4,8,21H2,1H3,(H,22,26)(H,24,25)/b23-12+. The Morgan fingerprint density at radius 2 is 2.11 bits per heavy atom. The molecule has 1 aliphatic rings. The van der Waals surface area contributed by atoms with Gasteiger partial charge in [-0.1, -0.05) is 23.2 Å². The van der Waals surface area contributed by atoms with Crippen molar-refractivity contribution in [1.82, 2.24) is 10.9 Å². The fraction of sp³-hybridized carbons (Fsp3) is 0.278. The summed E-state index contributed by atoms with van der Waals surface area (Å²) in [5.41, 5.74) is 6.52. The third-order valence-electron chi connectivity index (χ3n) is 4.23. The first-order valence-corrected chi connectivity index (χ1v) is 9.23. The molecule has 8 nitrogen and oxygen atoms in total. The van der Waals surface area contributed by atoms with Gasteiger partial charge < -0.3 is 9.15 Å². The van der Waals surface area contributed by atoms with E-state index in [4.69, 9.17) is 38.2 Å². The molecule has 1 aromatic carbocycles. The molecule has 0 radical (unpaired) electrons. The van der Waals surface area contributed by atoms with E-state index in [2.05, 4.69) is 16.0 Å². The second-order valence-corrected chi connectivity index (χ2v) is 6.98. The lowest BCUT2D eigenvalue weighted by Crippen LogP contribution is -2.30. The highest BCUT2D eigenvalue weighted by Crippen LogP contribution is 2.30. The van der Waals surface area contributed by atoms with Gasteiger partial charge in [-0.05, 0) is 38.0 Å². The SMILES string of the molecule is Cc1c(C(=O)NN)oc2c1/C(=N/NC(=O)COc1ccc(Cl)cc1Cl)CCC2. The summed E-state index contributed by atoms with van der Waals surface area (Å²) in [7, 11) is 0. The van der Waals surface area contributed by atoms with Gasteiger partial charge in [0.15, 0.2) is 12.4 Å². The molecule has 148 valence electrons. The van der Waals surface area contributed by atoms with E-state index in [0.717, 1.165) is 12.0 Å². The van der Waals surface area contributed by atoms with Crippen LogP contribution in [-0.4, -0.2) is 24.1 Å². The number of fused-ring (bicyclic) bond motifs is 1. The second kappa shape index (κ2) is 8.64. The number of halogens is 2. The summed E-state index contributed by atoms with van der Waals surface area (Å²) in [5, 5.41) is 4.97. The van der Waals surface area contributed by atoms with Gasteiger partial charge in [-0.3, -0.25) is 15.0 Å². The molecule has 0 bridgehead atoms. The molecule has 4 N–H and O–H groups in total. The Kier molecular flexibility index (Phi) is 6.23. The number of aryl methyl sites for hydroxylation is 1. The van der Waals surface area contributed by atoms with Gasteiger partial charge in [0.2, 0.25) is 0 Å². The monoisotopic (exact) mass is 424 g/mol. The van der Waals surface area contributed by atoms with Crippen molar-refractivity contribution in [2.45, 2.75) is 26.2 Å². The highest BCUT2D eigenvalue weighted by atomic mass is 35.5. The van der Waals surface area contributed by atoms with E-state index in [1.807, 2.05) is 0 Å². The van der Waals surface area contributed by atoms with Crippen molar-refractivity contribution in [1.29, 1.82) is 0 Å². The molecule has 0 aliphatic heterocycles. The van der Waals surface area contributed by atoms with Crippen LogP contribution in [0.25, 0.3) is 0 Å². The van der Waals surface area contributed by atoms with E-state index in [0.29, 0.717) is 45.7 Å². The number of ether oxygens (including phenoxy) is 1. The van der Waals surface area contributed by atoms with Gasteiger partial charge in [0, 0.05) is 22.6 Å². The van der Waals surface area contributed by atoms with Crippen molar-refractivity contribution in [3.63, 3.8) is 0 Å². The van der Waals surface area contributed by atoms with E-state index in [9.17, 15) is 9.59 Å². The van der Waals surface area contributed by atoms with Gasteiger partial charge >= 0.3 is 5.91 Å².